The molecule has 1 heterocycles. The van der Waals surface area contributed by atoms with Crippen molar-refractivity contribution >= 4 is 44.6 Å². The lowest BCUT2D eigenvalue weighted by molar-refractivity contribution is -0.119. The van der Waals surface area contributed by atoms with Crippen molar-refractivity contribution in [1.29, 1.82) is 0 Å². The van der Waals surface area contributed by atoms with Crippen LogP contribution in [0.3, 0.4) is 0 Å². The van der Waals surface area contributed by atoms with Crippen LogP contribution in [0.1, 0.15) is 23.6 Å². The highest BCUT2D eigenvalue weighted by Crippen LogP contribution is 2.26. The number of para-hydroxylation sites is 2. The third-order valence-electron chi connectivity index (χ3n) is 5.98. The molecule has 190 valence electrons. The van der Waals surface area contributed by atoms with Gasteiger partial charge in [0.05, 0.1) is 16.3 Å². The Morgan fingerprint density at radius 3 is 2.14 bits per heavy atom. The molecule has 0 radical (unpaired) electrons. The Morgan fingerprint density at radius 1 is 0.892 bits per heavy atom. The van der Waals surface area contributed by atoms with Crippen LogP contribution in [0.2, 0.25) is 0 Å². The summed E-state index contributed by atoms with van der Waals surface area (Å²) in [7, 11) is -4.11. The van der Waals surface area contributed by atoms with Crippen LogP contribution in [0.5, 0.6) is 0 Å². The molecule has 3 aromatic rings. The first-order chi connectivity index (χ1) is 17.6. The van der Waals surface area contributed by atoms with Gasteiger partial charge in [0.25, 0.3) is 21.8 Å². The summed E-state index contributed by atoms with van der Waals surface area (Å²) < 4.78 is 25.9. The smallest absolute Gasteiger partial charge is 0.276 e. The molecule has 1 aliphatic rings. The van der Waals surface area contributed by atoms with E-state index in [-0.39, 0.29) is 10.6 Å². The van der Waals surface area contributed by atoms with Crippen LogP contribution >= 0.6 is 0 Å². The Kier molecular flexibility index (Phi) is 7.21. The van der Waals surface area contributed by atoms with Crippen LogP contribution in [-0.2, 0) is 19.6 Å². The van der Waals surface area contributed by atoms with Gasteiger partial charge in [-0.3, -0.25) is 9.59 Å². The number of benzene rings is 3. The monoisotopic (exact) mass is 517 g/mol. The van der Waals surface area contributed by atoms with Crippen molar-refractivity contribution in [3.63, 3.8) is 0 Å². The first kappa shape index (κ1) is 25.8. The van der Waals surface area contributed by atoms with E-state index in [2.05, 4.69) is 20.4 Å². The van der Waals surface area contributed by atoms with Gasteiger partial charge in [0.15, 0.2) is 0 Å². The van der Waals surface area contributed by atoms with E-state index in [1.165, 1.54) is 17.1 Å². The molecule has 0 aromatic heterocycles. The molecule has 10 heteroatoms. The number of hydrazone groups is 2. The van der Waals surface area contributed by atoms with Gasteiger partial charge in [0, 0.05) is 5.69 Å². The highest BCUT2D eigenvalue weighted by molar-refractivity contribution is 7.89. The van der Waals surface area contributed by atoms with E-state index in [4.69, 9.17) is 0 Å². The molecule has 2 amide bonds. The van der Waals surface area contributed by atoms with Gasteiger partial charge in [0.2, 0.25) is 0 Å². The lowest BCUT2D eigenvalue weighted by Crippen LogP contribution is -2.41. The zero-order valence-electron chi connectivity index (χ0n) is 20.9. The Bertz CT molecular complexity index is 1490. The van der Waals surface area contributed by atoms with Gasteiger partial charge in [-0.1, -0.05) is 54.1 Å². The summed E-state index contributed by atoms with van der Waals surface area (Å²) in [5.41, 5.74) is 3.57. The minimum absolute atomic E-state index is 0.0228. The van der Waals surface area contributed by atoms with Gasteiger partial charge >= 0.3 is 0 Å². The molecule has 2 N–H and O–H groups in total. The summed E-state index contributed by atoms with van der Waals surface area (Å²) in [5, 5.41) is 12.3. The predicted molar refractivity (Wildman–Crippen MR) is 144 cm³/mol. The number of amides is 2. The van der Waals surface area contributed by atoms with Crippen molar-refractivity contribution in [2.24, 2.45) is 16.1 Å². The molecule has 0 bridgehead atoms. The number of carbonyl (C=O) groups is 2. The molecule has 0 spiro atoms. The molecule has 0 fully saturated rings. The van der Waals surface area contributed by atoms with Crippen LogP contribution in [-0.4, -0.2) is 31.7 Å². The van der Waals surface area contributed by atoms with E-state index >= 15 is 0 Å². The van der Waals surface area contributed by atoms with Gasteiger partial charge < -0.3 is 5.32 Å². The van der Waals surface area contributed by atoms with E-state index in [1.54, 1.807) is 43.3 Å². The predicted octanol–water partition coefficient (Wildman–Crippen LogP) is 3.92. The molecule has 0 saturated heterocycles. The fourth-order valence-electron chi connectivity index (χ4n) is 3.95. The van der Waals surface area contributed by atoms with Crippen molar-refractivity contribution in [2.75, 3.05) is 10.3 Å². The van der Waals surface area contributed by atoms with Crippen LogP contribution < -0.4 is 15.2 Å². The summed E-state index contributed by atoms with van der Waals surface area (Å²) in [4.78, 5) is 29.1. The van der Waals surface area contributed by atoms with E-state index in [0.717, 1.165) is 16.7 Å². The van der Waals surface area contributed by atoms with Gasteiger partial charge in [-0.15, -0.1) is 0 Å². The third kappa shape index (κ3) is 5.44. The molecule has 1 aliphatic heterocycles. The lowest BCUT2D eigenvalue weighted by Gasteiger charge is -2.17. The zero-order valence-corrected chi connectivity index (χ0v) is 21.7. The van der Waals surface area contributed by atoms with Crippen molar-refractivity contribution in [1.82, 2.24) is 4.83 Å². The molecule has 0 unspecified atom stereocenters. The second kappa shape index (κ2) is 10.4. The fraction of sp³-hybridized carbons (Fsp3) is 0.185. The summed E-state index contributed by atoms with van der Waals surface area (Å²) in [5.74, 6) is -2.43. The van der Waals surface area contributed by atoms with E-state index < -0.39 is 27.8 Å². The molecule has 0 saturated carbocycles. The highest BCUT2D eigenvalue weighted by atomic mass is 32.2. The average Bonchev–Trinajstić information content (AvgIpc) is 3.16. The molecular weight excluding hydrogens is 490 g/mol. The normalized spacial score (nSPS) is 15.9. The summed E-state index contributed by atoms with van der Waals surface area (Å²) >= 11 is 0. The Morgan fingerprint density at radius 2 is 1.51 bits per heavy atom. The second-order valence-corrected chi connectivity index (χ2v) is 10.4. The van der Waals surface area contributed by atoms with Crippen molar-refractivity contribution in [3.05, 3.63) is 89.5 Å². The number of nitrogens with zero attached hydrogens (tertiary/aromatic N) is 3. The summed E-state index contributed by atoms with van der Waals surface area (Å²) in [6.07, 6.45) is 0. The minimum atomic E-state index is -4.11. The van der Waals surface area contributed by atoms with E-state index in [0.29, 0.717) is 17.1 Å². The topological polar surface area (TPSA) is 120 Å². The quantitative estimate of drug-likeness (QED) is 0.364. The number of hydrogen-bond acceptors (Lipinski definition) is 6. The lowest BCUT2D eigenvalue weighted by atomic mass is 9.97. The van der Waals surface area contributed by atoms with Crippen molar-refractivity contribution in [3.8, 4) is 0 Å². The first-order valence-corrected chi connectivity index (χ1v) is 13.0. The van der Waals surface area contributed by atoms with Crippen LogP contribution in [0.25, 0.3) is 0 Å². The number of nitrogens with one attached hydrogen (secondary N) is 2. The molecule has 37 heavy (non-hydrogen) atoms. The van der Waals surface area contributed by atoms with Gasteiger partial charge in [-0.2, -0.15) is 28.5 Å². The minimum Gasteiger partial charge on any atom is -0.320 e. The van der Waals surface area contributed by atoms with E-state index in [1.807, 2.05) is 45.0 Å². The number of sulfonamides is 1. The first-order valence-electron chi connectivity index (χ1n) is 11.6. The Hall–Kier alpha value is -4.31. The van der Waals surface area contributed by atoms with Gasteiger partial charge in [-0.05, 0) is 63.1 Å². The molecule has 1 atom stereocenters. The van der Waals surface area contributed by atoms with Crippen molar-refractivity contribution in [2.45, 2.75) is 32.6 Å². The standard InChI is InChI=1S/C27H27N5O4S/c1-17-13-15-22(16-14-17)37(35,36)31-29-25(26(33)28-24-18(2)9-8-10-19(24)3)23-20(4)30-32(27(23)34)21-11-6-5-7-12-21/h5-16,23,31H,1-4H3,(H,28,33)/t23-/m0/s1. The maximum Gasteiger partial charge on any atom is 0.276 e. The van der Waals surface area contributed by atoms with Crippen LogP contribution in [0, 0.1) is 26.7 Å². The number of hydrogen-bond donors (Lipinski definition) is 2. The van der Waals surface area contributed by atoms with Crippen LogP contribution in [0.15, 0.2) is 87.9 Å². The molecule has 9 nitrogen and oxygen atoms in total. The maximum absolute atomic E-state index is 13.5. The fourth-order valence-corrected chi connectivity index (χ4v) is 4.77. The largest absolute Gasteiger partial charge is 0.320 e. The summed E-state index contributed by atoms with van der Waals surface area (Å²) in [6, 6.07) is 20.5. The number of carbonyl (C=O) groups excluding carboxylic acids is 2. The number of anilines is 2. The van der Waals surface area contributed by atoms with E-state index in [9.17, 15) is 18.0 Å². The Balaban J connectivity index is 1.72. The Labute approximate surface area is 215 Å². The number of rotatable bonds is 7. The molecular formula is C27H27N5O4S. The highest BCUT2D eigenvalue weighted by Gasteiger charge is 2.41. The van der Waals surface area contributed by atoms with Crippen LogP contribution in [0.4, 0.5) is 11.4 Å². The molecule has 0 aliphatic carbocycles. The van der Waals surface area contributed by atoms with Crippen molar-refractivity contribution < 1.29 is 18.0 Å². The molecule has 3 aromatic carbocycles. The molecule has 4 rings (SSSR count). The zero-order chi connectivity index (χ0) is 26.7. The maximum atomic E-state index is 13.5. The third-order valence-corrected chi connectivity index (χ3v) is 7.20. The van der Waals surface area contributed by atoms with Gasteiger partial charge in [0.1, 0.15) is 11.6 Å². The number of aryl methyl sites for hydroxylation is 3. The summed E-state index contributed by atoms with van der Waals surface area (Å²) in [6.45, 7) is 7.11. The average molecular weight is 518 g/mol. The second-order valence-electron chi connectivity index (χ2n) is 8.79. The van der Waals surface area contributed by atoms with Gasteiger partial charge in [-0.25, -0.2) is 0 Å². The SMILES string of the molecule is CC1=NN(c2ccccc2)C(=O)[C@@H]1C(=NNS(=O)(=O)c1ccc(C)cc1)C(=O)Nc1c(C)cccc1C.